The number of nitrogens with one attached hydrogen (secondary N) is 3. The van der Waals surface area contributed by atoms with Gasteiger partial charge < -0.3 is 50.7 Å². The maximum Gasteiger partial charge on any atom is 0.303 e. The first-order chi connectivity index (χ1) is 27.4. The van der Waals surface area contributed by atoms with E-state index in [-0.39, 0.29) is 42.9 Å². The zero-order valence-corrected chi connectivity index (χ0v) is 32.8. The summed E-state index contributed by atoms with van der Waals surface area (Å²) in [4.78, 5) is 100. The highest BCUT2D eigenvalue weighted by atomic mass is 16.5. The fraction of sp³-hybridized carbons (Fsp3) is 0.390. The van der Waals surface area contributed by atoms with Gasteiger partial charge in [0.25, 0.3) is 0 Å². The molecule has 6 bridgehead atoms. The molecular weight excluding hydrogens is 752 g/mol. The zero-order valence-electron chi connectivity index (χ0n) is 32.8. The third-order valence-electron chi connectivity index (χ3n) is 10.5. The van der Waals surface area contributed by atoms with Gasteiger partial charge in [0.1, 0.15) is 47.8 Å². The lowest BCUT2D eigenvalue weighted by Crippen LogP contribution is -2.62. The monoisotopic (exact) mass is 800 g/mol. The maximum absolute atomic E-state index is 14.6. The molecule has 0 radical (unpaired) electrons. The van der Waals surface area contributed by atoms with Gasteiger partial charge in [0, 0.05) is 46.8 Å². The first-order valence-corrected chi connectivity index (χ1v) is 18.7. The second-order valence-corrected chi connectivity index (χ2v) is 14.7. The molecule has 58 heavy (non-hydrogen) atoms. The van der Waals surface area contributed by atoms with E-state index in [1.54, 1.807) is 42.5 Å². The van der Waals surface area contributed by atoms with Crippen molar-refractivity contribution in [2.24, 2.45) is 0 Å². The van der Waals surface area contributed by atoms with Crippen molar-refractivity contribution < 1.29 is 53.6 Å². The number of carboxylic acid groups (broad SMARTS) is 1. The van der Waals surface area contributed by atoms with Gasteiger partial charge in [-0.15, -0.1) is 0 Å². The van der Waals surface area contributed by atoms with Gasteiger partial charge in [-0.1, -0.05) is 30.3 Å². The van der Waals surface area contributed by atoms with Crippen LogP contribution in [0.5, 0.6) is 23.0 Å². The zero-order chi connectivity index (χ0) is 42.4. The molecule has 0 spiro atoms. The number of aliphatic carboxylic acids is 1. The van der Waals surface area contributed by atoms with E-state index in [0.717, 1.165) is 4.90 Å². The molecule has 3 aromatic carbocycles. The molecule has 0 aromatic heterocycles. The molecule has 0 saturated carbocycles. The summed E-state index contributed by atoms with van der Waals surface area (Å²) in [7, 11) is 4.11. The number of phenolic OH excluding ortho intramolecular Hbond substituents is 2. The Labute approximate surface area is 334 Å². The highest BCUT2D eigenvalue weighted by Crippen LogP contribution is 2.33. The van der Waals surface area contributed by atoms with E-state index in [9.17, 15) is 48.9 Å². The average Bonchev–Trinajstić information content (AvgIpc) is 3.19. The molecule has 17 heteroatoms. The van der Waals surface area contributed by atoms with Crippen LogP contribution in [0.4, 0.5) is 0 Å². The number of hydrogen-bond acceptors (Lipinski definition) is 10. The third-order valence-corrected chi connectivity index (χ3v) is 10.5. The smallest absolute Gasteiger partial charge is 0.303 e. The molecule has 6 amide bonds. The number of amides is 6. The Morgan fingerprint density at radius 2 is 1.29 bits per heavy atom. The van der Waals surface area contributed by atoms with Gasteiger partial charge in [-0.2, -0.15) is 0 Å². The van der Waals surface area contributed by atoms with E-state index in [1.165, 1.54) is 69.1 Å². The lowest BCUT2D eigenvalue weighted by atomic mass is 9.98. The summed E-state index contributed by atoms with van der Waals surface area (Å²) in [5, 5.41) is 37.7. The van der Waals surface area contributed by atoms with Gasteiger partial charge in [0.05, 0.1) is 0 Å². The minimum absolute atomic E-state index is 0.0193. The van der Waals surface area contributed by atoms with Crippen LogP contribution in [0.15, 0.2) is 66.7 Å². The summed E-state index contributed by atoms with van der Waals surface area (Å²) in [5.41, 5.74) is 1.62. The second kappa shape index (κ2) is 18.1. The molecule has 3 aliphatic heterocycles. The number of phenols is 2. The van der Waals surface area contributed by atoms with Crippen LogP contribution < -0.4 is 20.7 Å². The van der Waals surface area contributed by atoms with E-state index in [2.05, 4.69) is 16.0 Å². The molecule has 0 aliphatic carbocycles. The number of benzene rings is 3. The number of likely N-dealkylation sites (N-methyl/N-ethyl adjacent to an activating group) is 3. The lowest BCUT2D eigenvalue weighted by Gasteiger charge is -2.37. The summed E-state index contributed by atoms with van der Waals surface area (Å²) in [6.45, 7) is 2.78. The molecule has 1 saturated heterocycles. The first-order valence-electron chi connectivity index (χ1n) is 18.7. The van der Waals surface area contributed by atoms with Crippen molar-refractivity contribution in [1.29, 1.82) is 0 Å². The molecule has 6 N–H and O–H groups in total. The van der Waals surface area contributed by atoms with Crippen molar-refractivity contribution >= 4 is 41.4 Å². The van der Waals surface area contributed by atoms with Crippen LogP contribution in [0.1, 0.15) is 43.4 Å². The third kappa shape index (κ3) is 10.0. The van der Waals surface area contributed by atoms with E-state index >= 15 is 0 Å². The second-order valence-electron chi connectivity index (χ2n) is 14.7. The summed E-state index contributed by atoms with van der Waals surface area (Å²) in [6, 6.07) is 9.19. The van der Waals surface area contributed by atoms with Gasteiger partial charge in [-0.25, -0.2) is 0 Å². The van der Waals surface area contributed by atoms with Crippen molar-refractivity contribution in [3.05, 3.63) is 83.4 Å². The van der Waals surface area contributed by atoms with Gasteiger partial charge in [-0.3, -0.25) is 33.6 Å². The van der Waals surface area contributed by atoms with Crippen molar-refractivity contribution in [2.45, 2.75) is 82.2 Å². The molecular formula is C41H48N6O11. The Morgan fingerprint density at radius 1 is 0.690 bits per heavy atom. The van der Waals surface area contributed by atoms with Crippen molar-refractivity contribution in [1.82, 2.24) is 30.7 Å². The van der Waals surface area contributed by atoms with E-state index in [0.29, 0.717) is 22.4 Å². The Hall–Kier alpha value is -6.65. The predicted octanol–water partition coefficient (Wildman–Crippen LogP) is 1.09. The number of carboxylic acids is 1. The minimum atomic E-state index is -1.46. The molecule has 17 nitrogen and oxygen atoms in total. The highest BCUT2D eigenvalue weighted by molar-refractivity contribution is 5.98. The SMILES string of the molecule is C[C@@H]1NC(=O)[C@H](Cc2ccc(O)cc2)N(C)C(=O)[C@H](CCC(=O)O)NC(=O)[C@@H](C)NC(=O)[C@@H]2Cc3ccc(O)c(c3)Oc3ccc(cc3)C[C@@H](C(=O)N2C)N(C)C1=O. The topological polar surface area (TPSA) is 235 Å². The van der Waals surface area contributed by atoms with Crippen LogP contribution in [-0.2, 0) is 52.8 Å². The largest absolute Gasteiger partial charge is 0.508 e. The number of nitrogens with zero attached hydrogens (tertiary/aromatic N) is 3. The Morgan fingerprint density at radius 3 is 1.95 bits per heavy atom. The van der Waals surface area contributed by atoms with Gasteiger partial charge in [-0.05, 0) is 73.4 Å². The Balaban J connectivity index is 1.60. The molecule has 6 atom stereocenters. The molecule has 3 aromatic rings. The maximum atomic E-state index is 14.6. The number of carbonyl (C=O) groups excluding carboxylic acids is 6. The highest BCUT2D eigenvalue weighted by Gasteiger charge is 2.39. The summed E-state index contributed by atoms with van der Waals surface area (Å²) < 4.78 is 5.96. The standard InChI is InChI=1S/C41H48N6O11/c1-22-36(52)44-29(15-17-35(50)51)40(56)45(3)30(18-24-6-11-27(48)12-7-24)38(54)43-23(2)39(55)47(5)32-19-25-8-13-28(14-9-25)58-34-21-26(10-16-33(34)49)20-31(37(53)42-22)46(4)41(32)57/h6-14,16,21-23,29-32,48-49H,15,17-20H2,1-5H3,(H,42,53)(H,43,54)(H,44,52)(H,50,51)/t22-,23+,29+,30+,31+,32+/m1/s1. The summed E-state index contributed by atoms with van der Waals surface area (Å²) >= 11 is 0. The molecule has 0 unspecified atom stereocenters. The fourth-order valence-corrected chi connectivity index (χ4v) is 6.91. The number of fused-ring (bicyclic) bond motifs is 2. The number of ether oxygens (including phenoxy) is 1. The Bertz CT molecular complexity index is 2060. The number of rotatable bonds is 5. The number of aromatic hydroxyl groups is 2. The lowest BCUT2D eigenvalue weighted by molar-refractivity contribution is -0.149. The Kier molecular flexibility index (Phi) is 13.2. The van der Waals surface area contributed by atoms with Crippen LogP contribution in [0, 0.1) is 0 Å². The van der Waals surface area contributed by atoms with Crippen LogP contribution in [0.3, 0.4) is 0 Å². The predicted molar refractivity (Wildman–Crippen MR) is 208 cm³/mol. The molecule has 6 rings (SSSR count). The van der Waals surface area contributed by atoms with Gasteiger partial charge >= 0.3 is 5.97 Å². The first kappa shape index (κ1) is 42.5. The fourth-order valence-electron chi connectivity index (χ4n) is 6.91. The summed E-state index contributed by atoms with van der Waals surface area (Å²) in [6.07, 6.45) is -1.15. The minimum Gasteiger partial charge on any atom is -0.508 e. The van der Waals surface area contributed by atoms with Crippen LogP contribution in [-0.4, -0.2) is 129 Å². The average molecular weight is 801 g/mol. The molecule has 1 fully saturated rings. The van der Waals surface area contributed by atoms with Gasteiger partial charge in [0.15, 0.2) is 11.5 Å². The number of carbonyl (C=O) groups is 7. The quantitative estimate of drug-likeness (QED) is 0.214. The number of hydrogen-bond donors (Lipinski definition) is 6. The van der Waals surface area contributed by atoms with E-state index in [4.69, 9.17) is 4.74 Å². The molecule has 3 heterocycles. The summed E-state index contributed by atoms with van der Waals surface area (Å²) in [5.74, 6) is -5.48. The molecule has 308 valence electrons. The van der Waals surface area contributed by atoms with Gasteiger partial charge in [0.2, 0.25) is 35.4 Å². The van der Waals surface area contributed by atoms with Crippen molar-refractivity contribution in [3.8, 4) is 23.0 Å². The van der Waals surface area contributed by atoms with Crippen LogP contribution in [0.25, 0.3) is 0 Å². The van der Waals surface area contributed by atoms with E-state index < -0.39 is 84.1 Å². The van der Waals surface area contributed by atoms with Crippen molar-refractivity contribution in [3.63, 3.8) is 0 Å². The molecule has 3 aliphatic rings. The van der Waals surface area contributed by atoms with Crippen LogP contribution in [0.2, 0.25) is 0 Å². The van der Waals surface area contributed by atoms with Crippen molar-refractivity contribution in [2.75, 3.05) is 21.1 Å². The normalized spacial score (nSPS) is 23.9. The van der Waals surface area contributed by atoms with E-state index in [1.807, 2.05) is 0 Å². The van der Waals surface area contributed by atoms with Crippen LogP contribution >= 0.6 is 0 Å².